The molecule has 238 valence electrons. The molecule has 0 saturated heterocycles. The predicted molar refractivity (Wildman–Crippen MR) is 209 cm³/mol. The van der Waals surface area contributed by atoms with Gasteiger partial charge in [-0.3, -0.25) is 0 Å². The zero-order valence-electron chi connectivity index (χ0n) is 27.5. The fourth-order valence-electron chi connectivity index (χ4n) is 7.10. The quantitative estimate of drug-likeness (QED) is 0.186. The van der Waals surface area contributed by atoms with Gasteiger partial charge in [-0.2, -0.15) is 0 Å². The molecular weight excluding hydrogens is 623 g/mol. The van der Waals surface area contributed by atoms with E-state index in [-0.39, 0.29) is 0 Å². The van der Waals surface area contributed by atoms with Gasteiger partial charge in [-0.15, -0.1) is 0 Å². The second-order valence-corrected chi connectivity index (χ2v) is 12.9. The Morgan fingerprint density at radius 3 is 1.61 bits per heavy atom. The second-order valence-electron chi connectivity index (χ2n) is 12.9. The van der Waals surface area contributed by atoms with Gasteiger partial charge in [0.25, 0.3) is 0 Å². The molecular formula is C47H29N3O. The fourth-order valence-corrected chi connectivity index (χ4v) is 7.10. The van der Waals surface area contributed by atoms with Crippen molar-refractivity contribution in [1.29, 1.82) is 0 Å². The van der Waals surface area contributed by atoms with Crippen LogP contribution in [0.3, 0.4) is 0 Å². The van der Waals surface area contributed by atoms with Gasteiger partial charge in [-0.1, -0.05) is 146 Å². The Kier molecular flexibility index (Phi) is 6.78. The number of fused-ring (bicyclic) bond motifs is 5. The van der Waals surface area contributed by atoms with E-state index in [1.54, 1.807) is 0 Å². The molecule has 8 aromatic carbocycles. The molecule has 0 N–H and O–H groups in total. The molecule has 0 bridgehead atoms. The van der Waals surface area contributed by atoms with Crippen LogP contribution in [0.25, 0.3) is 99.9 Å². The zero-order valence-corrected chi connectivity index (χ0v) is 27.5. The lowest BCUT2D eigenvalue weighted by molar-refractivity contribution is 0.669. The van der Waals surface area contributed by atoms with Gasteiger partial charge in [0.1, 0.15) is 11.2 Å². The van der Waals surface area contributed by atoms with Crippen LogP contribution in [-0.2, 0) is 0 Å². The third-order valence-electron chi connectivity index (χ3n) is 9.69. The van der Waals surface area contributed by atoms with Gasteiger partial charge in [-0.25, -0.2) is 15.0 Å². The summed E-state index contributed by atoms with van der Waals surface area (Å²) in [6.07, 6.45) is 0. The molecule has 0 spiro atoms. The highest BCUT2D eigenvalue weighted by Gasteiger charge is 2.19. The molecule has 0 radical (unpaired) electrons. The van der Waals surface area contributed by atoms with Crippen LogP contribution in [0.1, 0.15) is 0 Å². The minimum absolute atomic E-state index is 0.599. The van der Waals surface area contributed by atoms with Crippen molar-refractivity contribution in [2.75, 3.05) is 0 Å². The number of hydrogen-bond acceptors (Lipinski definition) is 4. The lowest BCUT2D eigenvalue weighted by Gasteiger charge is -2.11. The molecule has 0 amide bonds. The van der Waals surface area contributed by atoms with E-state index in [0.717, 1.165) is 65.9 Å². The van der Waals surface area contributed by atoms with E-state index in [2.05, 4.69) is 158 Å². The molecule has 4 heteroatoms. The van der Waals surface area contributed by atoms with Gasteiger partial charge in [0.05, 0.1) is 0 Å². The minimum Gasteiger partial charge on any atom is -0.456 e. The molecule has 4 nitrogen and oxygen atoms in total. The van der Waals surface area contributed by atoms with Crippen LogP contribution in [0.15, 0.2) is 180 Å². The maximum Gasteiger partial charge on any atom is 0.164 e. The van der Waals surface area contributed by atoms with E-state index < -0.39 is 0 Å². The molecule has 2 heterocycles. The molecule has 10 rings (SSSR count). The van der Waals surface area contributed by atoms with Crippen molar-refractivity contribution in [2.24, 2.45) is 0 Å². The molecule has 0 atom stereocenters. The Bertz CT molecular complexity index is 2910. The Morgan fingerprint density at radius 1 is 0.314 bits per heavy atom. The highest BCUT2D eigenvalue weighted by atomic mass is 16.3. The largest absolute Gasteiger partial charge is 0.456 e. The fraction of sp³-hybridized carbons (Fsp3) is 0. The van der Waals surface area contributed by atoms with Crippen molar-refractivity contribution in [3.63, 3.8) is 0 Å². The van der Waals surface area contributed by atoms with Gasteiger partial charge >= 0.3 is 0 Å². The van der Waals surface area contributed by atoms with Crippen LogP contribution < -0.4 is 0 Å². The first-order chi connectivity index (χ1) is 25.2. The molecule has 0 saturated carbocycles. The third kappa shape index (κ3) is 5.22. The summed E-state index contributed by atoms with van der Waals surface area (Å²) in [5.74, 6) is 1.83. The summed E-state index contributed by atoms with van der Waals surface area (Å²) in [6.45, 7) is 0. The summed E-state index contributed by atoms with van der Waals surface area (Å²) < 4.78 is 6.43. The molecule has 51 heavy (non-hydrogen) atoms. The van der Waals surface area contributed by atoms with Crippen LogP contribution in [0.4, 0.5) is 0 Å². The topological polar surface area (TPSA) is 51.8 Å². The lowest BCUT2D eigenvalue weighted by Crippen LogP contribution is -2.00. The average Bonchev–Trinajstić information content (AvgIpc) is 3.57. The van der Waals surface area contributed by atoms with Crippen molar-refractivity contribution in [3.8, 4) is 56.4 Å². The average molecular weight is 652 g/mol. The van der Waals surface area contributed by atoms with Gasteiger partial charge in [0.2, 0.25) is 0 Å². The van der Waals surface area contributed by atoms with Crippen LogP contribution in [0.5, 0.6) is 0 Å². The lowest BCUT2D eigenvalue weighted by atomic mass is 9.99. The predicted octanol–water partition coefficient (Wildman–Crippen LogP) is 12.4. The van der Waals surface area contributed by atoms with Crippen molar-refractivity contribution < 1.29 is 4.42 Å². The third-order valence-corrected chi connectivity index (χ3v) is 9.69. The Labute approximate surface area is 294 Å². The smallest absolute Gasteiger partial charge is 0.164 e. The first-order valence-corrected chi connectivity index (χ1v) is 17.1. The van der Waals surface area contributed by atoms with Crippen LogP contribution in [-0.4, -0.2) is 15.0 Å². The molecule has 0 aliphatic rings. The van der Waals surface area contributed by atoms with Gasteiger partial charge < -0.3 is 4.42 Å². The first-order valence-electron chi connectivity index (χ1n) is 17.1. The van der Waals surface area contributed by atoms with E-state index in [1.165, 1.54) is 16.5 Å². The van der Waals surface area contributed by atoms with E-state index in [4.69, 9.17) is 19.4 Å². The molecule has 0 fully saturated rings. The molecule has 0 unspecified atom stereocenters. The van der Waals surface area contributed by atoms with Crippen molar-refractivity contribution in [1.82, 2.24) is 15.0 Å². The van der Waals surface area contributed by atoms with Crippen LogP contribution in [0, 0.1) is 0 Å². The number of nitrogens with zero attached hydrogens (tertiary/aromatic N) is 3. The van der Waals surface area contributed by atoms with Gasteiger partial charge in [-0.05, 0) is 74.1 Å². The number of rotatable bonds is 5. The number of aromatic nitrogens is 3. The second kappa shape index (κ2) is 11.9. The Balaban J connectivity index is 1.15. The van der Waals surface area contributed by atoms with Crippen LogP contribution in [0.2, 0.25) is 0 Å². The summed E-state index contributed by atoms with van der Waals surface area (Å²) in [6, 6.07) is 61.1. The van der Waals surface area contributed by atoms with Gasteiger partial charge in [0.15, 0.2) is 17.5 Å². The van der Waals surface area contributed by atoms with E-state index in [9.17, 15) is 0 Å². The van der Waals surface area contributed by atoms with E-state index in [0.29, 0.717) is 17.5 Å². The number of benzene rings is 8. The minimum atomic E-state index is 0.599. The van der Waals surface area contributed by atoms with E-state index in [1.807, 2.05) is 18.2 Å². The van der Waals surface area contributed by atoms with Gasteiger partial charge in [0, 0.05) is 27.5 Å². The molecule has 2 aromatic heterocycles. The maximum absolute atomic E-state index is 6.43. The van der Waals surface area contributed by atoms with Crippen molar-refractivity contribution >= 4 is 43.5 Å². The zero-order chi connectivity index (χ0) is 33.7. The summed E-state index contributed by atoms with van der Waals surface area (Å²) in [5, 5.41) is 6.63. The van der Waals surface area contributed by atoms with Crippen molar-refractivity contribution in [3.05, 3.63) is 176 Å². The molecule has 0 aliphatic carbocycles. The summed E-state index contributed by atoms with van der Waals surface area (Å²) in [7, 11) is 0. The van der Waals surface area contributed by atoms with Crippen LogP contribution >= 0.6 is 0 Å². The number of hydrogen-bond donors (Lipinski definition) is 0. The summed E-state index contributed by atoms with van der Waals surface area (Å²) in [5.41, 5.74) is 9.00. The summed E-state index contributed by atoms with van der Waals surface area (Å²) in [4.78, 5) is 15.5. The number of furan rings is 1. The van der Waals surface area contributed by atoms with Crippen molar-refractivity contribution in [2.45, 2.75) is 0 Å². The molecule has 10 aromatic rings. The first kappa shape index (κ1) is 29.0. The monoisotopic (exact) mass is 651 g/mol. The standard InChI is InChI=1S/C47H29N3O/c1-2-10-30(11-3-1)32-20-22-33(23-21-32)35-16-8-17-38(26-35)45-48-46(39-25-24-31-12-4-5-13-34(31)27-39)50-47(49-45)40-18-9-19-42-44(40)41-28-36-14-6-7-15-37(36)29-43(41)51-42/h1-29H. The maximum atomic E-state index is 6.43. The highest BCUT2D eigenvalue weighted by Crippen LogP contribution is 2.39. The Hall–Kier alpha value is -6.91. The highest BCUT2D eigenvalue weighted by molar-refractivity contribution is 6.15. The Morgan fingerprint density at radius 2 is 0.843 bits per heavy atom. The molecule has 0 aliphatic heterocycles. The van der Waals surface area contributed by atoms with E-state index >= 15 is 0 Å². The summed E-state index contributed by atoms with van der Waals surface area (Å²) >= 11 is 0. The normalized spacial score (nSPS) is 11.5. The SMILES string of the molecule is c1ccc(-c2ccc(-c3cccc(-c4nc(-c5ccc6ccccc6c5)nc(-c5cccc6oc7cc8ccccc8cc7c56)n4)c3)cc2)cc1.